The van der Waals surface area contributed by atoms with E-state index in [1.807, 2.05) is 26.8 Å². The van der Waals surface area contributed by atoms with Crippen LogP contribution < -0.4 is 15.8 Å². The molecule has 0 unspecified atom stereocenters. The van der Waals surface area contributed by atoms with Gasteiger partial charge < -0.3 is 25.4 Å². The van der Waals surface area contributed by atoms with Crippen LogP contribution in [0.3, 0.4) is 0 Å². The zero-order chi connectivity index (χ0) is 19.2. The maximum Gasteiger partial charge on any atom is 0.410 e. The Morgan fingerprint density at radius 3 is 3.04 bits per heavy atom. The van der Waals surface area contributed by atoms with Crippen LogP contribution in [0.25, 0.3) is 10.2 Å². The first-order valence-corrected chi connectivity index (χ1v) is 10.2. The van der Waals surface area contributed by atoms with Crippen LogP contribution in [0, 0.1) is 0 Å². The average Bonchev–Trinajstić information content (AvgIpc) is 3.20. The number of aromatic nitrogens is 1. The fourth-order valence-electron chi connectivity index (χ4n) is 3.51. The summed E-state index contributed by atoms with van der Waals surface area (Å²) in [6.07, 6.45) is 1.33. The SMILES string of the molecule is CC(C)(C)OC(=O)N1CC[C@H](N)[C@H](Nc2nc3c4c(ccc3s2)OCC4)C1. The van der Waals surface area contributed by atoms with Gasteiger partial charge in [0.2, 0.25) is 0 Å². The largest absolute Gasteiger partial charge is 0.493 e. The first-order valence-electron chi connectivity index (χ1n) is 9.35. The number of anilines is 1. The van der Waals surface area contributed by atoms with Crippen LogP contribution in [0.2, 0.25) is 0 Å². The first kappa shape index (κ1) is 18.3. The third-order valence-corrected chi connectivity index (χ3v) is 5.81. The van der Waals surface area contributed by atoms with E-state index in [-0.39, 0.29) is 18.2 Å². The van der Waals surface area contributed by atoms with Gasteiger partial charge in [0.05, 0.1) is 22.9 Å². The molecule has 27 heavy (non-hydrogen) atoms. The molecule has 0 saturated carbocycles. The highest BCUT2D eigenvalue weighted by Gasteiger charge is 2.32. The van der Waals surface area contributed by atoms with Crippen molar-refractivity contribution in [2.45, 2.75) is 51.3 Å². The minimum absolute atomic E-state index is 0.0373. The predicted molar refractivity (Wildman–Crippen MR) is 107 cm³/mol. The molecule has 8 heteroatoms. The number of carbonyl (C=O) groups is 1. The maximum absolute atomic E-state index is 12.4. The Hall–Kier alpha value is -2.06. The van der Waals surface area contributed by atoms with Crippen molar-refractivity contribution in [3.63, 3.8) is 0 Å². The molecular formula is C19H26N4O3S. The van der Waals surface area contributed by atoms with E-state index in [0.29, 0.717) is 19.7 Å². The van der Waals surface area contributed by atoms with Crippen LogP contribution in [0.4, 0.5) is 9.93 Å². The summed E-state index contributed by atoms with van der Waals surface area (Å²) in [4.78, 5) is 18.9. The monoisotopic (exact) mass is 390 g/mol. The van der Waals surface area contributed by atoms with E-state index in [0.717, 1.165) is 33.9 Å². The molecule has 4 rings (SSSR count). The second-order valence-corrected chi connectivity index (χ2v) is 9.17. The van der Waals surface area contributed by atoms with Gasteiger partial charge in [0.1, 0.15) is 11.4 Å². The number of ether oxygens (including phenoxy) is 2. The Bertz CT molecular complexity index is 860. The third-order valence-electron chi connectivity index (χ3n) is 4.86. The minimum atomic E-state index is -0.505. The fourth-order valence-corrected chi connectivity index (χ4v) is 4.46. The lowest BCUT2D eigenvalue weighted by molar-refractivity contribution is 0.0196. The van der Waals surface area contributed by atoms with E-state index in [1.54, 1.807) is 16.2 Å². The zero-order valence-electron chi connectivity index (χ0n) is 15.9. The number of nitrogens with zero attached hydrogens (tertiary/aromatic N) is 2. The normalized spacial score (nSPS) is 22.4. The number of carbonyl (C=O) groups excluding carboxylic acids is 1. The number of piperidine rings is 1. The number of benzene rings is 1. The van der Waals surface area contributed by atoms with E-state index >= 15 is 0 Å². The molecule has 2 aliphatic heterocycles. The Morgan fingerprint density at radius 2 is 2.26 bits per heavy atom. The summed E-state index contributed by atoms with van der Waals surface area (Å²) >= 11 is 1.61. The van der Waals surface area contributed by atoms with E-state index in [9.17, 15) is 4.79 Å². The second-order valence-electron chi connectivity index (χ2n) is 8.14. The molecule has 3 N–H and O–H groups in total. The van der Waals surface area contributed by atoms with E-state index < -0.39 is 5.60 Å². The molecule has 1 aromatic carbocycles. The molecule has 0 spiro atoms. The minimum Gasteiger partial charge on any atom is -0.493 e. The van der Waals surface area contributed by atoms with Crippen molar-refractivity contribution in [3.8, 4) is 5.75 Å². The van der Waals surface area contributed by atoms with Crippen molar-refractivity contribution < 1.29 is 14.3 Å². The van der Waals surface area contributed by atoms with E-state index in [2.05, 4.69) is 11.4 Å². The van der Waals surface area contributed by atoms with Crippen molar-refractivity contribution in [2.24, 2.45) is 5.73 Å². The number of hydrogen-bond acceptors (Lipinski definition) is 7. The Balaban J connectivity index is 1.49. The lowest BCUT2D eigenvalue weighted by Gasteiger charge is -2.37. The summed E-state index contributed by atoms with van der Waals surface area (Å²) in [6.45, 7) is 7.46. The number of rotatable bonds is 2. The molecule has 2 aliphatic rings. The van der Waals surface area contributed by atoms with Gasteiger partial charge in [-0.05, 0) is 39.3 Å². The molecule has 1 saturated heterocycles. The highest BCUT2D eigenvalue weighted by Crippen LogP contribution is 2.36. The fraction of sp³-hybridized carbons (Fsp3) is 0.579. The van der Waals surface area contributed by atoms with Gasteiger partial charge in [0.25, 0.3) is 0 Å². The molecular weight excluding hydrogens is 364 g/mol. The van der Waals surface area contributed by atoms with Crippen LogP contribution >= 0.6 is 11.3 Å². The van der Waals surface area contributed by atoms with Gasteiger partial charge in [-0.2, -0.15) is 0 Å². The van der Waals surface area contributed by atoms with Gasteiger partial charge in [0.15, 0.2) is 5.13 Å². The number of hydrogen-bond donors (Lipinski definition) is 2. The third kappa shape index (κ3) is 3.82. The van der Waals surface area contributed by atoms with Crippen molar-refractivity contribution in [1.82, 2.24) is 9.88 Å². The van der Waals surface area contributed by atoms with E-state index in [1.165, 1.54) is 5.56 Å². The number of thiazole rings is 1. The van der Waals surface area contributed by atoms with Gasteiger partial charge in [-0.1, -0.05) is 11.3 Å². The Kier molecular flexibility index (Phi) is 4.63. The van der Waals surface area contributed by atoms with Gasteiger partial charge in [0, 0.05) is 31.1 Å². The van der Waals surface area contributed by atoms with Crippen molar-refractivity contribution in [2.75, 3.05) is 25.0 Å². The number of likely N-dealkylation sites (tertiary alicyclic amines) is 1. The lowest BCUT2D eigenvalue weighted by atomic mass is 10.0. The average molecular weight is 391 g/mol. The summed E-state index contributed by atoms with van der Waals surface area (Å²) in [5.41, 5.74) is 8.00. The van der Waals surface area contributed by atoms with Crippen LogP contribution in [0.15, 0.2) is 12.1 Å². The first-order chi connectivity index (χ1) is 12.8. The van der Waals surface area contributed by atoms with Crippen LogP contribution in [-0.2, 0) is 11.2 Å². The number of amides is 1. The van der Waals surface area contributed by atoms with Gasteiger partial charge in [-0.3, -0.25) is 0 Å². The lowest BCUT2D eigenvalue weighted by Crippen LogP contribution is -2.56. The predicted octanol–water partition coefficient (Wildman–Crippen LogP) is 2.98. The van der Waals surface area contributed by atoms with Crippen LogP contribution in [-0.4, -0.2) is 53.4 Å². The Morgan fingerprint density at radius 1 is 1.44 bits per heavy atom. The maximum atomic E-state index is 12.4. The molecule has 1 aromatic heterocycles. The van der Waals surface area contributed by atoms with Gasteiger partial charge in [-0.15, -0.1) is 0 Å². The molecule has 3 heterocycles. The number of nitrogens with one attached hydrogen (secondary N) is 1. The van der Waals surface area contributed by atoms with Crippen molar-refractivity contribution in [1.29, 1.82) is 0 Å². The van der Waals surface area contributed by atoms with Gasteiger partial charge >= 0.3 is 6.09 Å². The quantitative estimate of drug-likeness (QED) is 0.819. The molecule has 146 valence electrons. The number of fused-ring (bicyclic) bond motifs is 3. The molecule has 0 radical (unpaired) electrons. The molecule has 1 amide bonds. The van der Waals surface area contributed by atoms with Gasteiger partial charge in [-0.25, -0.2) is 9.78 Å². The Labute approximate surface area is 162 Å². The van der Waals surface area contributed by atoms with Crippen molar-refractivity contribution >= 4 is 32.8 Å². The van der Waals surface area contributed by atoms with Crippen LogP contribution in [0.1, 0.15) is 32.8 Å². The highest BCUT2D eigenvalue weighted by molar-refractivity contribution is 7.22. The standard InChI is InChI=1S/C19H26N4O3S/c1-19(2,3)26-18(24)23-8-6-12(20)13(10-23)21-17-22-16-11-7-9-25-14(11)4-5-15(16)27-17/h4-5,12-13H,6-10,20H2,1-3H3,(H,21,22)/t12-,13+/m0/s1. The summed E-state index contributed by atoms with van der Waals surface area (Å²) < 4.78 is 12.3. The van der Waals surface area contributed by atoms with Crippen LogP contribution in [0.5, 0.6) is 5.75 Å². The topological polar surface area (TPSA) is 89.7 Å². The highest BCUT2D eigenvalue weighted by atomic mass is 32.1. The number of nitrogens with two attached hydrogens (primary N) is 1. The molecule has 2 atom stereocenters. The molecule has 2 aromatic rings. The molecule has 7 nitrogen and oxygen atoms in total. The molecule has 1 fully saturated rings. The zero-order valence-corrected chi connectivity index (χ0v) is 16.8. The molecule has 0 bridgehead atoms. The summed E-state index contributed by atoms with van der Waals surface area (Å²) in [6, 6.07) is 3.97. The summed E-state index contributed by atoms with van der Waals surface area (Å²) in [5.74, 6) is 0.935. The summed E-state index contributed by atoms with van der Waals surface area (Å²) in [5, 5.41) is 4.28. The summed E-state index contributed by atoms with van der Waals surface area (Å²) in [7, 11) is 0. The molecule has 0 aliphatic carbocycles. The smallest absolute Gasteiger partial charge is 0.410 e. The second kappa shape index (κ2) is 6.83. The van der Waals surface area contributed by atoms with Crippen molar-refractivity contribution in [3.05, 3.63) is 17.7 Å². The van der Waals surface area contributed by atoms with E-state index in [4.69, 9.17) is 20.2 Å².